The number of morpholine rings is 1. The van der Waals surface area contributed by atoms with Gasteiger partial charge < -0.3 is 20.2 Å². The third-order valence-electron chi connectivity index (χ3n) is 4.30. The van der Waals surface area contributed by atoms with Crippen molar-refractivity contribution in [2.75, 3.05) is 31.6 Å². The van der Waals surface area contributed by atoms with Gasteiger partial charge in [0, 0.05) is 25.3 Å². The SMILES string of the molecule is Cc1c(Cl)c([N+](=O)[O-])nn1CC(=O)Nc1cccc(CN2CCOCC2)c1. The second kappa shape index (κ2) is 8.47. The zero-order chi connectivity index (χ0) is 19.4. The molecule has 0 aliphatic carbocycles. The fourth-order valence-corrected chi connectivity index (χ4v) is 3.08. The molecule has 27 heavy (non-hydrogen) atoms. The number of carbonyl (C=O) groups excluding carboxylic acids is 1. The summed E-state index contributed by atoms with van der Waals surface area (Å²) in [6.45, 7) is 5.44. The predicted molar refractivity (Wildman–Crippen MR) is 99.8 cm³/mol. The summed E-state index contributed by atoms with van der Waals surface area (Å²) in [4.78, 5) is 24.8. The Hall–Kier alpha value is -2.49. The molecule has 1 N–H and O–H groups in total. The summed E-state index contributed by atoms with van der Waals surface area (Å²) in [6, 6.07) is 7.60. The minimum atomic E-state index is -0.668. The van der Waals surface area contributed by atoms with E-state index in [4.69, 9.17) is 16.3 Å². The number of halogens is 1. The molecule has 1 fully saturated rings. The summed E-state index contributed by atoms with van der Waals surface area (Å²) < 4.78 is 6.58. The van der Waals surface area contributed by atoms with E-state index in [0.717, 1.165) is 38.4 Å². The molecule has 1 aromatic carbocycles. The van der Waals surface area contributed by atoms with Gasteiger partial charge in [0.1, 0.15) is 6.54 Å². The third kappa shape index (κ3) is 4.82. The first-order chi connectivity index (χ1) is 12.9. The highest BCUT2D eigenvalue weighted by atomic mass is 35.5. The number of hydrogen-bond acceptors (Lipinski definition) is 6. The van der Waals surface area contributed by atoms with E-state index in [1.807, 2.05) is 18.2 Å². The van der Waals surface area contributed by atoms with Crippen LogP contribution in [0.1, 0.15) is 11.3 Å². The van der Waals surface area contributed by atoms with E-state index in [9.17, 15) is 14.9 Å². The second-order valence-electron chi connectivity index (χ2n) is 6.27. The molecule has 1 aliphatic heterocycles. The van der Waals surface area contributed by atoms with Gasteiger partial charge in [0.15, 0.2) is 5.02 Å². The number of nitrogens with zero attached hydrogens (tertiary/aromatic N) is 4. The van der Waals surface area contributed by atoms with Crippen LogP contribution in [0.5, 0.6) is 0 Å². The number of hydrogen-bond donors (Lipinski definition) is 1. The van der Waals surface area contributed by atoms with Crippen LogP contribution in [0.4, 0.5) is 11.5 Å². The lowest BCUT2D eigenvalue weighted by molar-refractivity contribution is -0.389. The van der Waals surface area contributed by atoms with Gasteiger partial charge in [0.05, 0.1) is 24.0 Å². The van der Waals surface area contributed by atoms with Crippen molar-refractivity contribution in [1.29, 1.82) is 0 Å². The highest BCUT2D eigenvalue weighted by Gasteiger charge is 2.25. The number of benzene rings is 1. The maximum Gasteiger partial charge on any atom is 0.408 e. The first kappa shape index (κ1) is 19.3. The Morgan fingerprint density at radius 3 is 2.81 bits per heavy atom. The van der Waals surface area contributed by atoms with E-state index in [1.165, 1.54) is 4.68 Å². The Labute approximate surface area is 161 Å². The number of amides is 1. The van der Waals surface area contributed by atoms with E-state index in [0.29, 0.717) is 11.4 Å². The zero-order valence-electron chi connectivity index (χ0n) is 14.9. The van der Waals surface area contributed by atoms with E-state index >= 15 is 0 Å². The maximum atomic E-state index is 12.3. The van der Waals surface area contributed by atoms with Crippen molar-refractivity contribution in [1.82, 2.24) is 14.7 Å². The number of nitro groups is 1. The second-order valence-corrected chi connectivity index (χ2v) is 6.65. The highest BCUT2D eigenvalue weighted by Crippen LogP contribution is 2.26. The van der Waals surface area contributed by atoms with Crippen LogP contribution in [-0.4, -0.2) is 51.8 Å². The Balaban J connectivity index is 1.63. The van der Waals surface area contributed by atoms with Crippen molar-refractivity contribution in [3.8, 4) is 0 Å². The summed E-state index contributed by atoms with van der Waals surface area (Å²) in [7, 11) is 0. The van der Waals surface area contributed by atoms with Crippen LogP contribution in [-0.2, 0) is 22.6 Å². The first-order valence-electron chi connectivity index (χ1n) is 8.50. The Morgan fingerprint density at radius 2 is 2.15 bits per heavy atom. The molecule has 0 radical (unpaired) electrons. The Morgan fingerprint density at radius 1 is 1.41 bits per heavy atom. The van der Waals surface area contributed by atoms with Crippen molar-refractivity contribution < 1.29 is 14.5 Å². The minimum absolute atomic E-state index is 0.0553. The third-order valence-corrected chi connectivity index (χ3v) is 4.75. The fraction of sp³-hybridized carbons (Fsp3) is 0.412. The fourth-order valence-electron chi connectivity index (χ4n) is 2.88. The van der Waals surface area contributed by atoms with Gasteiger partial charge in [-0.2, -0.15) is 4.68 Å². The van der Waals surface area contributed by atoms with Crippen LogP contribution in [0.25, 0.3) is 0 Å². The Kier molecular flexibility index (Phi) is 6.04. The molecule has 10 heteroatoms. The number of carbonyl (C=O) groups is 1. The van der Waals surface area contributed by atoms with E-state index in [1.54, 1.807) is 13.0 Å². The normalized spacial score (nSPS) is 14.9. The smallest absolute Gasteiger partial charge is 0.379 e. The highest BCUT2D eigenvalue weighted by molar-refractivity contribution is 6.33. The van der Waals surface area contributed by atoms with Gasteiger partial charge in [-0.25, -0.2) is 0 Å². The minimum Gasteiger partial charge on any atom is -0.379 e. The molecule has 1 saturated heterocycles. The van der Waals surface area contributed by atoms with E-state index in [2.05, 4.69) is 15.3 Å². The van der Waals surface area contributed by atoms with Crippen molar-refractivity contribution in [2.45, 2.75) is 20.0 Å². The van der Waals surface area contributed by atoms with Crippen LogP contribution < -0.4 is 5.32 Å². The number of rotatable bonds is 6. The van der Waals surface area contributed by atoms with Gasteiger partial charge in [0.25, 0.3) is 0 Å². The van der Waals surface area contributed by atoms with Gasteiger partial charge in [-0.3, -0.25) is 9.69 Å². The monoisotopic (exact) mass is 393 g/mol. The van der Waals surface area contributed by atoms with Gasteiger partial charge in [0.2, 0.25) is 5.91 Å². The van der Waals surface area contributed by atoms with Gasteiger partial charge in [-0.1, -0.05) is 23.7 Å². The molecule has 9 nitrogen and oxygen atoms in total. The molecule has 1 aromatic heterocycles. The molecule has 0 bridgehead atoms. The number of anilines is 1. The van der Waals surface area contributed by atoms with Gasteiger partial charge >= 0.3 is 5.82 Å². The molecule has 3 rings (SSSR count). The molecule has 2 heterocycles. The van der Waals surface area contributed by atoms with Crippen LogP contribution in [0.2, 0.25) is 5.02 Å². The topological polar surface area (TPSA) is 103 Å². The molecule has 0 unspecified atom stereocenters. The summed E-state index contributed by atoms with van der Waals surface area (Å²) in [5, 5.41) is 17.4. The van der Waals surface area contributed by atoms with Gasteiger partial charge in [-0.15, -0.1) is 0 Å². The average molecular weight is 394 g/mol. The van der Waals surface area contributed by atoms with Crippen molar-refractivity contribution in [3.05, 3.63) is 50.7 Å². The molecule has 1 aliphatic rings. The van der Waals surface area contributed by atoms with E-state index in [-0.39, 0.29) is 17.5 Å². The molecule has 0 spiro atoms. The van der Waals surface area contributed by atoms with E-state index < -0.39 is 10.7 Å². The average Bonchev–Trinajstić information content (AvgIpc) is 2.91. The lowest BCUT2D eigenvalue weighted by atomic mass is 10.2. The lowest BCUT2D eigenvalue weighted by Gasteiger charge is -2.26. The molecule has 1 amide bonds. The van der Waals surface area contributed by atoms with Crippen molar-refractivity contribution in [3.63, 3.8) is 0 Å². The summed E-state index contributed by atoms with van der Waals surface area (Å²) >= 11 is 5.90. The summed E-state index contributed by atoms with van der Waals surface area (Å²) in [5.41, 5.74) is 2.12. The lowest BCUT2D eigenvalue weighted by Crippen LogP contribution is -2.35. The van der Waals surface area contributed by atoms with Gasteiger partial charge in [-0.05, 0) is 29.5 Å². The molecule has 0 saturated carbocycles. The molecule has 2 aromatic rings. The largest absolute Gasteiger partial charge is 0.408 e. The summed E-state index contributed by atoms with van der Waals surface area (Å²) in [5.74, 6) is -0.787. The molecular formula is C17H20ClN5O4. The van der Waals surface area contributed by atoms with Crippen LogP contribution in [0.3, 0.4) is 0 Å². The molecular weight excluding hydrogens is 374 g/mol. The van der Waals surface area contributed by atoms with Crippen LogP contribution >= 0.6 is 11.6 Å². The number of ether oxygens (including phenoxy) is 1. The standard InChI is InChI=1S/C17H20ClN5O4/c1-12-16(18)17(23(25)26)20-22(12)11-15(24)19-14-4-2-3-13(9-14)10-21-5-7-27-8-6-21/h2-4,9H,5-8,10-11H2,1H3,(H,19,24). The predicted octanol–water partition coefficient (Wildman–Crippen LogP) is 2.22. The summed E-state index contributed by atoms with van der Waals surface area (Å²) in [6.07, 6.45) is 0. The van der Waals surface area contributed by atoms with Crippen LogP contribution in [0.15, 0.2) is 24.3 Å². The quantitative estimate of drug-likeness (QED) is 0.596. The van der Waals surface area contributed by atoms with Crippen molar-refractivity contribution >= 4 is 29.0 Å². The molecule has 0 atom stereocenters. The first-order valence-corrected chi connectivity index (χ1v) is 8.88. The number of aromatic nitrogens is 2. The number of nitrogens with one attached hydrogen (secondary N) is 1. The van der Waals surface area contributed by atoms with Crippen molar-refractivity contribution in [2.24, 2.45) is 0 Å². The zero-order valence-corrected chi connectivity index (χ0v) is 15.6. The Bertz CT molecular complexity index is 848. The molecule has 144 valence electrons. The van der Waals surface area contributed by atoms with Crippen LogP contribution in [0, 0.1) is 17.0 Å². The maximum absolute atomic E-state index is 12.3.